The van der Waals surface area contributed by atoms with Crippen molar-refractivity contribution < 1.29 is 9.53 Å². The fourth-order valence-corrected chi connectivity index (χ4v) is 2.22. The first-order valence-electron chi connectivity index (χ1n) is 6.32. The minimum absolute atomic E-state index is 0.0571. The Kier molecular flexibility index (Phi) is 3.99. The zero-order valence-corrected chi connectivity index (χ0v) is 10.7. The minimum atomic E-state index is -0.256. The van der Waals surface area contributed by atoms with Crippen molar-refractivity contribution in [1.29, 1.82) is 0 Å². The van der Waals surface area contributed by atoms with Crippen LogP contribution < -0.4 is 11.1 Å². The van der Waals surface area contributed by atoms with Crippen LogP contribution in [0.3, 0.4) is 0 Å². The topological polar surface area (TPSA) is 64.4 Å². The van der Waals surface area contributed by atoms with E-state index in [1.807, 2.05) is 31.2 Å². The van der Waals surface area contributed by atoms with Crippen LogP contribution in [0.15, 0.2) is 24.3 Å². The predicted octanol–water partition coefficient (Wildman–Crippen LogP) is 1.44. The molecule has 98 valence electrons. The van der Waals surface area contributed by atoms with Gasteiger partial charge in [0.1, 0.15) is 0 Å². The molecule has 0 aliphatic carbocycles. The highest BCUT2D eigenvalue weighted by Crippen LogP contribution is 2.19. The summed E-state index contributed by atoms with van der Waals surface area (Å²) in [6, 6.07) is 7.42. The maximum absolute atomic E-state index is 12.2. The fraction of sp³-hybridized carbons (Fsp3) is 0.500. The lowest BCUT2D eigenvalue weighted by Crippen LogP contribution is -2.51. The minimum Gasteiger partial charge on any atom is -0.379 e. The largest absolute Gasteiger partial charge is 0.379 e. The van der Waals surface area contributed by atoms with Crippen LogP contribution in [0.2, 0.25) is 0 Å². The predicted molar refractivity (Wildman–Crippen MR) is 70.3 cm³/mol. The Balaban J connectivity index is 2.06. The lowest BCUT2D eigenvalue weighted by molar-refractivity contribution is 0.0272. The van der Waals surface area contributed by atoms with Crippen LogP contribution in [0.5, 0.6) is 0 Å². The quantitative estimate of drug-likeness (QED) is 0.850. The number of amides is 1. The molecule has 1 aliphatic heterocycles. The van der Waals surface area contributed by atoms with Gasteiger partial charge < -0.3 is 15.8 Å². The summed E-state index contributed by atoms with van der Waals surface area (Å²) in [7, 11) is 0. The first-order chi connectivity index (χ1) is 8.63. The lowest BCUT2D eigenvalue weighted by Gasteiger charge is -2.34. The van der Waals surface area contributed by atoms with Crippen LogP contribution in [0.1, 0.15) is 35.7 Å². The molecule has 0 aromatic heterocycles. The van der Waals surface area contributed by atoms with E-state index in [0.29, 0.717) is 18.7 Å². The van der Waals surface area contributed by atoms with Crippen molar-refractivity contribution in [2.75, 3.05) is 13.2 Å². The molecule has 1 saturated heterocycles. The number of ether oxygens (including phenoxy) is 1. The Bertz CT molecular complexity index is 426. The van der Waals surface area contributed by atoms with E-state index in [0.717, 1.165) is 25.0 Å². The number of carbonyl (C=O) groups is 1. The number of hydrogen-bond donors (Lipinski definition) is 2. The number of rotatable bonds is 3. The number of nitrogens with two attached hydrogens (primary N) is 1. The van der Waals surface area contributed by atoms with Gasteiger partial charge in [-0.05, 0) is 37.5 Å². The number of carbonyl (C=O) groups excluding carboxylic acids is 1. The zero-order valence-electron chi connectivity index (χ0n) is 10.7. The number of hydrogen-bond acceptors (Lipinski definition) is 3. The summed E-state index contributed by atoms with van der Waals surface area (Å²) in [5.41, 5.74) is 6.94. The maximum Gasteiger partial charge on any atom is 0.251 e. The third-order valence-electron chi connectivity index (χ3n) is 3.28. The van der Waals surface area contributed by atoms with E-state index < -0.39 is 0 Å². The third kappa shape index (κ3) is 3.09. The van der Waals surface area contributed by atoms with Crippen LogP contribution >= 0.6 is 0 Å². The van der Waals surface area contributed by atoms with Gasteiger partial charge in [0.05, 0.1) is 12.1 Å². The summed E-state index contributed by atoms with van der Waals surface area (Å²) in [6.07, 6.45) is 1.94. The molecular weight excluding hydrogens is 228 g/mol. The summed E-state index contributed by atoms with van der Waals surface area (Å²) >= 11 is 0. The van der Waals surface area contributed by atoms with E-state index >= 15 is 0 Å². The third-order valence-corrected chi connectivity index (χ3v) is 3.28. The van der Waals surface area contributed by atoms with Gasteiger partial charge in [0.25, 0.3) is 5.91 Å². The Labute approximate surface area is 108 Å². The molecule has 3 N–H and O–H groups in total. The van der Waals surface area contributed by atoms with E-state index in [9.17, 15) is 4.79 Å². The molecule has 0 spiro atoms. The highest BCUT2D eigenvalue weighted by atomic mass is 16.5. The molecule has 4 nitrogen and oxygen atoms in total. The highest BCUT2D eigenvalue weighted by molar-refractivity contribution is 5.94. The van der Waals surface area contributed by atoms with Gasteiger partial charge in [0.2, 0.25) is 0 Å². The average Bonchev–Trinajstić information content (AvgIpc) is 2.39. The molecule has 1 heterocycles. The number of nitrogens with one attached hydrogen (secondary N) is 1. The summed E-state index contributed by atoms with van der Waals surface area (Å²) in [5.74, 6) is -0.0571. The van der Waals surface area contributed by atoms with Gasteiger partial charge in [-0.15, -0.1) is 0 Å². The van der Waals surface area contributed by atoms with Crippen LogP contribution in [0, 0.1) is 0 Å². The van der Waals surface area contributed by atoms with Gasteiger partial charge in [-0.25, -0.2) is 0 Å². The molecule has 1 fully saturated rings. The van der Waals surface area contributed by atoms with E-state index in [2.05, 4.69) is 5.32 Å². The molecule has 4 heteroatoms. The Morgan fingerprint density at radius 2 is 2.39 bits per heavy atom. The highest BCUT2D eigenvalue weighted by Gasteiger charge is 2.29. The van der Waals surface area contributed by atoms with Crippen molar-refractivity contribution in [3.05, 3.63) is 35.4 Å². The summed E-state index contributed by atoms with van der Waals surface area (Å²) in [6.45, 7) is 3.84. The van der Waals surface area contributed by atoms with Gasteiger partial charge in [-0.2, -0.15) is 0 Å². The first kappa shape index (κ1) is 13.1. The van der Waals surface area contributed by atoms with E-state index in [1.54, 1.807) is 0 Å². The van der Waals surface area contributed by atoms with Gasteiger partial charge in [0.15, 0.2) is 0 Å². The van der Waals surface area contributed by atoms with Gasteiger partial charge in [-0.1, -0.05) is 12.1 Å². The molecule has 1 aliphatic rings. The molecule has 0 saturated carbocycles. The van der Waals surface area contributed by atoms with E-state index in [-0.39, 0.29) is 11.4 Å². The average molecular weight is 248 g/mol. The molecule has 18 heavy (non-hydrogen) atoms. The molecule has 2 rings (SSSR count). The maximum atomic E-state index is 12.2. The van der Waals surface area contributed by atoms with Crippen LogP contribution in [-0.4, -0.2) is 24.7 Å². The molecule has 1 amide bonds. The Morgan fingerprint density at radius 3 is 3.06 bits per heavy atom. The molecule has 1 aromatic rings. The SMILES string of the molecule is CC1(NC(=O)c2cccc(CN)c2)CCCOC1. The second-order valence-corrected chi connectivity index (χ2v) is 5.08. The van der Waals surface area contributed by atoms with Crippen molar-refractivity contribution in [2.24, 2.45) is 5.73 Å². The van der Waals surface area contributed by atoms with Crippen molar-refractivity contribution in [3.63, 3.8) is 0 Å². The second kappa shape index (κ2) is 5.50. The van der Waals surface area contributed by atoms with Crippen LogP contribution in [0.4, 0.5) is 0 Å². The first-order valence-corrected chi connectivity index (χ1v) is 6.32. The normalized spacial score (nSPS) is 23.7. The summed E-state index contributed by atoms with van der Waals surface area (Å²) in [5, 5.41) is 3.06. The van der Waals surface area contributed by atoms with Crippen LogP contribution in [0.25, 0.3) is 0 Å². The molecule has 0 bridgehead atoms. The van der Waals surface area contributed by atoms with Gasteiger partial charge in [-0.3, -0.25) is 4.79 Å². The standard InChI is InChI=1S/C14H20N2O2/c1-14(6-3-7-18-10-14)16-13(17)12-5-2-4-11(8-12)9-15/h2,4-5,8H,3,6-7,9-10,15H2,1H3,(H,16,17). The van der Waals surface area contributed by atoms with Crippen LogP contribution in [-0.2, 0) is 11.3 Å². The zero-order chi connectivity index (χ0) is 13.0. The molecule has 1 unspecified atom stereocenters. The lowest BCUT2D eigenvalue weighted by atomic mass is 9.94. The monoisotopic (exact) mass is 248 g/mol. The van der Waals surface area contributed by atoms with Crippen molar-refractivity contribution >= 4 is 5.91 Å². The van der Waals surface area contributed by atoms with E-state index in [4.69, 9.17) is 10.5 Å². The van der Waals surface area contributed by atoms with E-state index in [1.165, 1.54) is 0 Å². The summed E-state index contributed by atoms with van der Waals surface area (Å²) in [4.78, 5) is 12.2. The molecule has 0 radical (unpaired) electrons. The van der Waals surface area contributed by atoms with Crippen molar-refractivity contribution in [3.8, 4) is 0 Å². The second-order valence-electron chi connectivity index (χ2n) is 5.08. The molecular formula is C14H20N2O2. The van der Waals surface area contributed by atoms with Gasteiger partial charge in [0, 0.05) is 18.7 Å². The smallest absolute Gasteiger partial charge is 0.251 e. The molecule has 1 atom stereocenters. The Hall–Kier alpha value is -1.39. The number of benzene rings is 1. The van der Waals surface area contributed by atoms with Crippen molar-refractivity contribution in [1.82, 2.24) is 5.32 Å². The summed E-state index contributed by atoms with van der Waals surface area (Å²) < 4.78 is 5.43. The van der Waals surface area contributed by atoms with Crippen molar-refractivity contribution in [2.45, 2.75) is 31.8 Å². The Morgan fingerprint density at radius 1 is 1.56 bits per heavy atom. The molecule has 1 aromatic carbocycles. The van der Waals surface area contributed by atoms with Gasteiger partial charge >= 0.3 is 0 Å². The fourth-order valence-electron chi connectivity index (χ4n) is 2.22.